The number of carbonyl (C=O) groups is 7. The van der Waals surface area contributed by atoms with Crippen LogP contribution in [0.1, 0.15) is 144 Å². The summed E-state index contributed by atoms with van der Waals surface area (Å²) >= 11 is 0. The maximum absolute atomic E-state index is 14.6. The molecule has 1 aromatic rings. The van der Waals surface area contributed by atoms with Crippen LogP contribution in [0.5, 0.6) is 0 Å². The number of carboxylic acid groups (broad SMARTS) is 1. The average Bonchev–Trinajstić information content (AvgIpc) is 3.30. The number of hydrogen-bond acceptors (Lipinski definition) is 12. The van der Waals surface area contributed by atoms with Crippen molar-refractivity contribution in [2.45, 2.75) is 193 Å². The first-order valence-electron chi connectivity index (χ1n) is 26.0. The highest BCUT2D eigenvalue weighted by Crippen LogP contribution is 2.50. The molecule has 4 rings (SSSR count). The molecule has 19 nitrogen and oxygen atoms in total. The number of benzene rings is 1. The molecule has 3 aliphatic rings. The molecule has 0 aromatic heterocycles. The topological polar surface area (TPSA) is 257 Å². The van der Waals surface area contributed by atoms with Crippen molar-refractivity contribution in [2.24, 2.45) is 23.0 Å². The molecule has 1 spiro atoms. The molecular formula is C52H85N7O12. The predicted molar refractivity (Wildman–Crippen MR) is 267 cm³/mol. The number of alkyl carbamates (subject to hydrolysis) is 1. The maximum Gasteiger partial charge on any atom is 0.410 e. The lowest BCUT2D eigenvalue weighted by molar-refractivity contribution is -0.159. The molecular weight excluding hydrogens is 915 g/mol. The van der Waals surface area contributed by atoms with Crippen molar-refractivity contribution in [1.29, 1.82) is 0 Å². The molecule has 400 valence electrons. The van der Waals surface area contributed by atoms with Crippen LogP contribution in [-0.4, -0.2) is 145 Å². The van der Waals surface area contributed by atoms with E-state index in [-0.39, 0.29) is 55.3 Å². The van der Waals surface area contributed by atoms with Gasteiger partial charge < -0.3 is 60.9 Å². The summed E-state index contributed by atoms with van der Waals surface area (Å²) in [7, 11) is 1.59. The highest BCUT2D eigenvalue weighted by Gasteiger charge is 2.55. The molecule has 3 fully saturated rings. The molecule has 1 saturated heterocycles. The Kier molecular flexibility index (Phi) is 23.3. The fourth-order valence-corrected chi connectivity index (χ4v) is 9.66. The van der Waals surface area contributed by atoms with Crippen molar-refractivity contribution in [3.8, 4) is 0 Å². The van der Waals surface area contributed by atoms with E-state index in [9.17, 15) is 38.7 Å². The van der Waals surface area contributed by atoms with Gasteiger partial charge in [-0.3, -0.25) is 19.2 Å². The van der Waals surface area contributed by atoms with E-state index in [0.717, 1.165) is 50.5 Å². The van der Waals surface area contributed by atoms with Crippen molar-refractivity contribution in [2.75, 3.05) is 39.9 Å². The van der Waals surface area contributed by atoms with Gasteiger partial charge in [0.05, 0.1) is 37.9 Å². The van der Waals surface area contributed by atoms with Crippen molar-refractivity contribution in [3.05, 3.63) is 35.9 Å². The third-order valence-corrected chi connectivity index (χ3v) is 13.7. The highest BCUT2D eigenvalue weighted by molar-refractivity contribution is 5.95. The Morgan fingerprint density at radius 1 is 0.845 bits per heavy atom. The smallest absolute Gasteiger partial charge is 0.410 e. The Hall–Kier alpha value is -5.01. The molecule has 1 aromatic carbocycles. The number of nitrogens with one attached hydrogen (secondary N) is 4. The van der Waals surface area contributed by atoms with Crippen LogP contribution in [-0.2, 0) is 49.5 Å². The summed E-state index contributed by atoms with van der Waals surface area (Å²) in [6.45, 7) is 13.4. The summed E-state index contributed by atoms with van der Waals surface area (Å²) in [6.07, 6.45) is 8.55. The van der Waals surface area contributed by atoms with Crippen LogP contribution in [0.4, 0.5) is 9.59 Å². The minimum Gasteiger partial charge on any atom is -0.480 e. The van der Waals surface area contributed by atoms with Gasteiger partial charge in [-0.15, -0.1) is 0 Å². The molecule has 71 heavy (non-hydrogen) atoms. The monoisotopic (exact) mass is 1000 g/mol. The number of nitrogens with zero attached hydrogens (tertiary/aromatic N) is 2. The highest BCUT2D eigenvalue weighted by atomic mass is 16.6. The summed E-state index contributed by atoms with van der Waals surface area (Å²) in [5.41, 5.74) is 5.99. The average molecular weight is 1000 g/mol. The molecule has 7 N–H and O–H groups in total. The van der Waals surface area contributed by atoms with Gasteiger partial charge in [0.1, 0.15) is 30.3 Å². The van der Waals surface area contributed by atoms with Crippen molar-refractivity contribution in [1.82, 2.24) is 31.1 Å². The largest absolute Gasteiger partial charge is 0.480 e. The Morgan fingerprint density at radius 2 is 1.51 bits per heavy atom. The predicted octanol–water partition coefficient (Wildman–Crippen LogP) is 5.41. The molecule has 2 aliphatic carbocycles. The molecule has 6 amide bonds. The standard InChI is InChI=1S/C52H85N7O12/c1-9-11-12-19-25-42(69-29-34(3)53)35(4)47(63)58(8)41(20-10-2)45(61)57-43(37-23-17-14-18-24-37)46(62)55-39(28-54-49(66)70-30-36-21-15-13-16-22-36)44(60)56-40(48(64)65)31-68-38-26-52(27-38)32-59(33-52)50(67)71-51(5,6)7/h13,15-16,21-22,34-35,37-43H,9-12,14,17-20,23-33,53H2,1-8H3,(H,54,66)(H,55,62)(H,56,60)(H,57,61)(H,64,65)/t34-,35-,39+,40+,41+,42-,43+/m1/s1. The van der Waals surface area contributed by atoms with Gasteiger partial charge in [-0.2, -0.15) is 0 Å². The fraction of sp³-hybridized carbons (Fsp3) is 0.750. The van der Waals surface area contributed by atoms with Crippen molar-refractivity contribution < 1.29 is 57.6 Å². The Morgan fingerprint density at radius 3 is 2.11 bits per heavy atom. The van der Waals surface area contributed by atoms with Gasteiger partial charge in [-0.1, -0.05) is 102 Å². The normalized spacial score (nSPS) is 18.7. The second-order valence-corrected chi connectivity index (χ2v) is 21.2. The first-order chi connectivity index (χ1) is 33.6. The van der Waals surface area contributed by atoms with Crippen LogP contribution in [0.15, 0.2) is 30.3 Å². The van der Waals surface area contributed by atoms with Gasteiger partial charge in [0.2, 0.25) is 23.6 Å². The lowest BCUT2D eigenvalue weighted by Crippen LogP contribution is -2.66. The second kappa shape index (κ2) is 28.3. The summed E-state index contributed by atoms with van der Waals surface area (Å²) in [6, 6.07) is 3.62. The third-order valence-electron chi connectivity index (χ3n) is 13.7. The second-order valence-electron chi connectivity index (χ2n) is 21.2. The number of amides is 6. The van der Waals surface area contributed by atoms with Crippen LogP contribution in [0.2, 0.25) is 0 Å². The van der Waals surface area contributed by atoms with Crippen LogP contribution in [0.25, 0.3) is 0 Å². The first-order valence-corrected chi connectivity index (χ1v) is 26.0. The number of carboxylic acids is 1. The molecule has 1 heterocycles. The summed E-state index contributed by atoms with van der Waals surface area (Å²) in [4.78, 5) is 98.4. The minimum atomic E-state index is -1.53. The number of likely N-dealkylation sites (N-methyl/N-ethyl adjacent to an activating group) is 1. The molecule has 0 bridgehead atoms. The van der Waals surface area contributed by atoms with Crippen LogP contribution < -0.4 is 27.0 Å². The number of unbranched alkanes of at least 4 members (excludes halogenated alkanes) is 3. The van der Waals surface area contributed by atoms with Gasteiger partial charge >= 0.3 is 18.2 Å². The Bertz CT molecular complexity index is 1880. The number of ether oxygens (including phenoxy) is 4. The van der Waals surface area contributed by atoms with E-state index in [0.29, 0.717) is 58.0 Å². The van der Waals surface area contributed by atoms with Gasteiger partial charge in [0.15, 0.2) is 6.04 Å². The minimum absolute atomic E-state index is 0.0696. The van der Waals surface area contributed by atoms with Crippen molar-refractivity contribution in [3.63, 3.8) is 0 Å². The molecule has 0 radical (unpaired) electrons. The molecule has 7 atom stereocenters. The number of hydrogen-bond donors (Lipinski definition) is 6. The third kappa shape index (κ3) is 18.8. The van der Waals surface area contributed by atoms with E-state index in [1.165, 1.54) is 4.90 Å². The quantitative estimate of drug-likeness (QED) is 0.0575. The van der Waals surface area contributed by atoms with Gasteiger partial charge in [-0.25, -0.2) is 14.4 Å². The van der Waals surface area contributed by atoms with Gasteiger partial charge in [-0.05, 0) is 77.7 Å². The van der Waals surface area contributed by atoms with Crippen LogP contribution in [0, 0.1) is 17.3 Å². The number of aliphatic carboxylic acids is 1. The zero-order valence-corrected chi connectivity index (χ0v) is 43.6. The van der Waals surface area contributed by atoms with Crippen LogP contribution in [0.3, 0.4) is 0 Å². The SMILES string of the molecule is CCCCCC[C@@H](OC[C@@H](C)N)[C@@H](C)C(=O)N(C)[C@@H](CCC)C(=O)N[C@H](C(=O)N[C@@H](CNC(=O)OCc1ccccc1)C(=O)N[C@@H](COC1CC2(C1)CN(C(=O)OC(C)(C)C)C2)C(=O)O)C1CCCCC1. The van der Waals surface area contributed by atoms with E-state index < -0.39 is 78.1 Å². The fourth-order valence-electron chi connectivity index (χ4n) is 9.66. The van der Waals surface area contributed by atoms with E-state index in [4.69, 9.17) is 24.7 Å². The summed E-state index contributed by atoms with van der Waals surface area (Å²) in [5, 5.41) is 20.9. The Labute approximate surface area is 421 Å². The van der Waals surface area contributed by atoms with E-state index in [1.807, 2.05) is 26.8 Å². The van der Waals surface area contributed by atoms with E-state index in [1.54, 1.807) is 57.0 Å². The molecule has 0 unspecified atom stereocenters. The molecule has 1 aliphatic heterocycles. The lowest BCUT2D eigenvalue weighted by Gasteiger charge is -2.58. The van der Waals surface area contributed by atoms with Crippen molar-refractivity contribution >= 4 is 41.8 Å². The zero-order chi connectivity index (χ0) is 52.3. The number of likely N-dealkylation sites (tertiary alicyclic amines) is 1. The van der Waals surface area contributed by atoms with Crippen LogP contribution >= 0.6 is 0 Å². The Balaban J connectivity index is 1.48. The number of nitrogens with two attached hydrogens (primary N) is 1. The number of rotatable bonds is 28. The maximum atomic E-state index is 14.6. The van der Waals surface area contributed by atoms with E-state index >= 15 is 0 Å². The molecule has 2 saturated carbocycles. The number of carbonyl (C=O) groups excluding carboxylic acids is 6. The zero-order valence-electron chi connectivity index (χ0n) is 43.6. The van der Waals surface area contributed by atoms with Gasteiger partial charge in [0.25, 0.3) is 0 Å². The van der Waals surface area contributed by atoms with Gasteiger partial charge in [0, 0.05) is 31.6 Å². The molecule has 19 heteroatoms. The summed E-state index contributed by atoms with van der Waals surface area (Å²) < 4.78 is 23.0. The first kappa shape index (κ1) is 58.6. The van der Waals surface area contributed by atoms with E-state index in [2.05, 4.69) is 28.2 Å². The lowest BCUT2D eigenvalue weighted by atomic mass is 9.62. The summed E-state index contributed by atoms with van der Waals surface area (Å²) in [5.74, 6) is -4.70.